The van der Waals surface area contributed by atoms with Crippen LogP contribution in [0.3, 0.4) is 0 Å². The summed E-state index contributed by atoms with van der Waals surface area (Å²) in [6.07, 6.45) is 2.84. The predicted octanol–water partition coefficient (Wildman–Crippen LogP) is 0.894. The topological polar surface area (TPSA) is 74.5 Å². The summed E-state index contributed by atoms with van der Waals surface area (Å²) in [4.78, 5) is 11.1. The molecular formula is C9H12N4OS. The lowest BCUT2D eigenvalue weighted by Crippen LogP contribution is -2.13. The smallest absolute Gasteiger partial charge is 0.273 e. The van der Waals surface area contributed by atoms with E-state index in [-0.39, 0.29) is 11.1 Å². The number of nitrogens with zero attached hydrogens (tertiary/aromatic N) is 3. The van der Waals surface area contributed by atoms with Crippen molar-refractivity contribution in [1.29, 1.82) is 5.26 Å². The molecule has 0 amide bonds. The van der Waals surface area contributed by atoms with E-state index in [9.17, 15) is 4.79 Å². The van der Waals surface area contributed by atoms with Crippen molar-refractivity contribution in [3.63, 3.8) is 0 Å². The Morgan fingerprint density at radius 3 is 2.93 bits per heavy atom. The van der Waals surface area contributed by atoms with Gasteiger partial charge in [-0.3, -0.25) is 4.57 Å². The molecule has 0 saturated heterocycles. The lowest BCUT2D eigenvalue weighted by atomic mass is 10.1. The van der Waals surface area contributed by atoms with E-state index in [1.54, 1.807) is 18.8 Å². The van der Waals surface area contributed by atoms with Gasteiger partial charge >= 0.3 is 5.69 Å². The molecule has 15 heavy (non-hydrogen) atoms. The fraction of sp³-hybridized carbons (Fsp3) is 0.667. The molecular weight excluding hydrogens is 212 g/mol. The molecule has 1 aromatic heterocycles. The Morgan fingerprint density at radius 2 is 2.47 bits per heavy atom. The monoisotopic (exact) mass is 224 g/mol. The molecule has 6 heteroatoms. The molecule has 0 unspecified atom stereocenters. The van der Waals surface area contributed by atoms with Crippen LogP contribution in [0.15, 0.2) is 9.95 Å². The summed E-state index contributed by atoms with van der Waals surface area (Å²) in [6.45, 7) is 0. The van der Waals surface area contributed by atoms with Gasteiger partial charge < -0.3 is 0 Å². The molecule has 0 spiro atoms. The molecule has 1 aliphatic rings. The second-order valence-electron chi connectivity index (χ2n) is 3.99. The summed E-state index contributed by atoms with van der Waals surface area (Å²) in [5, 5.41) is 15.7. The minimum absolute atomic E-state index is 0.189. The lowest BCUT2D eigenvalue weighted by molar-refractivity contribution is 0.602. The van der Waals surface area contributed by atoms with Gasteiger partial charge in [-0.05, 0) is 18.3 Å². The van der Waals surface area contributed by atoms with Crippen molar-refractivity contribution >= 4 is 11.8 Å². The fourth-order valence-corrected chi connectivity index (χ4v) is 2.61. The zero-order valence-corrected chi connectivity index (χ0v) is 9.30. The number of hydrogen-bond acceptors (Lipinski definition) is 4. The molecule has 80 valence electrons. The summed E-state index contributed by atoms with van der Waals surface area (Å²) in [5.74, 6) is 0.874. The minimum atomic E-state index is -0.192. The van der Waals surface area contributed by atoms with Gasteiger partial charge in [0.25, 0.3) is 0 Å². The van der Waals surface area contributed by atoms with E-state index in [1.807, 2.05) is 0 Å². The number of H-pyrrole nitrogens is 1. The predicted molar refractivity (Wildman–Crippen MR) is 56.4 cm³/mol. The summed E-state index contributed by atoms with van der Waals surface area (Å²) >= 11 is 1.55. The van der Waals surface area contributed by atoms with Crippen molar-refractivity contribution in [2.45, 2.75) is 24.4 Å². The van der Waals surface area contributed by atoms with Crippen molar-refractivity contribution in [2.75, 3.05) is 5.75 Å². The third-order valence-corrected chi connectivity index (χ3v) is 4.14. The molecule has 1 saturated carbocycles. The summed E-state index contributed by atoms with van der Waals surface area (Å²) < 4.78 is 1.49. The van der Waals surface area contributed by atoms with Gasteiger partial charge in [0.2, 0.25) is 0 Å². The van der Waals surface area contributed by atoms with Crippen LogP contribution in [-0.2, 0) is 7.05 Å². The van der Waals surface area contributed by atoms with Gasteiger partial charge in [0.05, 0.1) is 6.07 Å². The molecule has 0 aromatic carbocycles. The van der Waals surface area contributed by atoms with Crippen LogP contribution in [0.4, 0.5) is 0 Å². The molecule has 1 fully saturated rings. The molecule has 0 radical (unpaired) electrons. The maximum absolute atomic E-state index is 11.1. The first-order valence-electron chi connectivity index (χ1n) is 4.78. The standard InChI is InChI=1S/C9H12N4OS/c1-13-7(14)11-12-8(13)15-6-9(2-3-9)4-5-10/h2-4,6H2,1H3,(H,11,14). The van der Waals surface area contributed by atoms with Crippen LogP contribution in [0.2, 0.25) is 0 Å². The van der Waals surface area contributed by atoms with E-state index < -0.39 is 0 Å². The van der Waals surface area contributed by atoms with Gasteiger partial charge in [-0.2, -0.15) is 5.26 Å². The molecule has 5 nitrogen and oxygen atoms in total. The Morgan fingerprint density at radius 1 is 1.73 bits per heavy atom. The Kier molecular flexibility index (Phi) is 2.57. The summed E-state index contributed by atoms with van der Waals surface area (Å²) in [7, 11) is 1.69. The van der Waals surface area contributed by atoms with Gasteiger partial charge in [0.15, 0.2) is 5.16 Å². The van der Waals surface area contributed by atoms with E-state index in [0.29, 0.717) is 11.6 Å². The zero-order valence-electron chi connectivity index (χ0n) is 8.49. The van der Waals surface area contributed by atoms with Gasteiger partial charge in [-0.15, -0.1) is 5.10 Å². The molecule has 1 aliphatic carbocycles. The number of aromatic amines is 1. The first-order valence-corrected chi connectivity index (χ1v) is 5.77. The first kappa shape index (κ1) is 10.3. The maximum Gasteiger partial charge on any atom is 0.343 e. The highest BCUT2D eigenvalue weighted by atomic mass is 32.2. The average Bonchev–Trinajstić information content (AvgIpc) is 2.91. The van der Waals surface area contributed by atoms with Crippen molar-refractivity contribution in [1.82, 2.24) is 14.8 Å². The maximum atomic E-state index is 11.1. The number of rotatable bonds is 4. The molecule has 1 heterocycles. The number of hydrogen-bond donors (Lipinski definition) is 1. The van der Waals surface area contributed by atoms with E-state index in [4.69, 9.17) is 5.26 Å². The van der Waals surface area contributed by atoms with Gasteiger partial charge in [0, 0.05) is 19.2 Å². The van der Waals surface area contributed by atoms with Crippen LogP contribution < -0.4 is 5.69 Å². The van der Waals surface area contributed by atoms with Gasteiger partial charge in [0.1, 0.15) is 0 Å². The summed E-state index contributed by atoms with van der Waals surface area (Å²) in [6, 6.07) is 2.22. The van der Waals surface area contributed by atoms with E-state index in [1.165, 1.54) is 4.57 Å². The highest BCUT2D eigenvalue weighted by Gasteiger charge is 2.42. The number of thioether (sulfide) groups is 1. The second-order valence-corrected chi connectivity index (χ2v) is 4.94. The number of nitriles is 1. The first-order chi connectivity index (χ1) is 7.17. The van der Waals surface area contributed by atoms with Crippen molar-refractivity contribution in [3.8, 4) is 6.07 Å². The zero-order chi connectivity index (χ0) is 10.9. The van der Waals surface area contributed by atoms with E-state index in [0.717, 1.165) is 18.6 Å². The van der Waals surface area contributed by atoms with Crippen LogP contribution in [0.1, 0.15) is 19.3 Å². The van der Waals surface area contributed by atoms with Crippen molar-refractivity contribution in [2.24, 2.45) is 12.5 Å². The average molecular weight is 224 g/mol. The van der Waals surface area contributed by atoms with Crippen LogP contribution in [0.25, 0.3) is 0 Å². The normalized spacial score (nSPS) is 17.3. The van der Waals surface area contributed by atoms with Crippen LogP contribution in [-0.4, -0.2) is 20.5 Å². The van der Waals surface area contributed by atoms with Gasteiger partial charge in [-0.1, -0.05) is 11.8 Å². The fourth-order valence-electron chi connectivity index (χ4n) is 1.40. The third-order valence-electron chi connectivity index (χ3n) is 2.76. The second kappa shape index (κ2) is 3.74. The SMILES string of the molecule is Cn1c(SCC2(CC#N)CC2)n[nH]c1=O. The van der Waals surface area contributed by atoms with Gasteiger partial charge in [-0.25, -0.2) is 9.89 Å². The molecule has 1 aromatic rings. The minimum Gasteiger partial charge on any atom is -0.273 e. The van der Waals surface area contributed by atoms with Crippen molar-refractivity contribution < 1.29 is 0 Å². The number of aromatic nitrogens is 3. The van der Waals surface area contributed by atoms with E-state index in [2.05, 4.69) is 16.3 Å². The highest BCUT2D eigenvalue weighted by molar-refractivity contribution is 7.99. The molecule has 0 aliphatic heterocycles. The lowest BCUT2D eigenvalue weighted by Gasteiger charge is -2.08. The molecule has 0 bridgehead atoms. The summed E-state index contributed by atoms with van der Waals surface area (Å²) in [5.41, 5.74) is -0.00311. The Labute approximate surface area is 91.5 Å². The van der Waals surface area contributed by atoms with E-state index >= 15 is 0 Å². The quantitative estimate of drug-likeness (QED) is 0.771. The van der Waals surface area contributed by atoms with Crippen LogP contribution in [0.5, 0.6) is 0 Å². The van der Waals surface area contributed by atoms with Crippen LogP contribution in [0, 0.1) is 16.7 Å². The van der Waals surface area contributed by atoms with Crippen LogP contribution >= 0.6 is 11.8 Å². The number of nitrogens with one attached hydrogen (secondary N) is 1. The Hall–Kier alpha value is -1.22. The van der Waals surface area contributed by atoms with Crippen molar-refractivity contribution in [3.05, 3.63) is 10.5 Å². The third kappa shape index (κ3) is 2.07. The highest BCUT2D eigenvalue weighted by Crippen LogP contribution is 2.51. The Balaban J connectivity index is 1.97. The largest absolute Gasteiger partial charge is 0.343 e. The molecule has 2 rings (SSSR count). The molecule has 1 N–H and O–H groups in total. The molecule has 0 atom stereocenters. The Bertz CT molecular complexity index is 451.